The predicted molar refractivity (Wildman–Crippen MR) is 95.7 cm³/mol. The summed E-state index contributed by atoms with van der Waals surface area (Å²) in [6.07, 6.45) is 4.24. The summed E-state index contributed by atoms with van der Waals surface area (Å²) in [6.45, 7) is 9.90. The fraction of sp³-hybridized carbons (Fsp3) is 0.421. The van der Waals surface area contributed by atoms with Crippen LogP contribution in [0.25, 0.3) is 5.57 Å². The van der Waals surface area contributed by atoms with Crippen molar-refractivity contribution < 1.29 is 4.74 Å². The first-order valence-corrected chi connectivity index (χ1v) is 7.89. The van der Waals surface area contributed by atoms with Gasteiger partial charge in [-0.1, -0.05) is 24.8 Å². The Balaban J connectivity index is 2.08. The number of nitrogens with zero attached hydrogens (tertiary/aromatic N) is 1. The maximum Gasteiger partial charge on any atom is 0.0485 e. The van der Waals surface area contributed by atoms with E-state index >= 15 is 0 Å². The summed E-state index contributed by atoms with van der Waals surface area (Å²) in [6, 6.07) is 9.08. The largest absolute Gasteiger partial charge is 0.382 e. The maximum atomic E-state index is 5.39. The lowest BCUT2D eigenvalue weighted by atomic mass is 9.95. The van der Waals surface area contributed by atoms with Crippen LogP contribution in [0.5, 0.6) is 0 Å². The molecule has 0 radical (unpaired) electrons. The van der Waals surface area contributed by atoms with Crippen molar-refractivity contribution in [1.82, 2.24) is 0 Å². The number of hydrogen-bond acceptors (Lipinski definition) is 3. The Hall–Kier alpha value is -1.87. The minimum absolute atomic E-state index is 0.519. The van der Waals surface area contributed by atoms with E-state index in [9.17, 15) is 0 Å². The van der Waals surface area contributed by atoms with Crippen LogP contribution < -0.4 is 5.32 Å². The number of ether oxygens (including phenoxy) is 1. The zero-order chi connectivity index (χ0) is 15.9. The number of nitrogens with one attached hydrogen (secondary N) is 1. The van der Waals surface area contributed by atoms with Crippen LogP contribution in [-0.4, -0.2) is 32.0 Å². The number of benzene rings is 1. The van der Waals surface area contributed by atoms with Crippen LogP contribution >= 0.6 is 0 Å². The molecular weight excluding hydrogens is 272 g/mol. The smallest absolute Gasteiger partial charge is 0.0485 e. The Bertz CT molecular complexity index is 564. The Morgan fingerprint density at radius 1 is 1.27 bits per heavy atom. The van der Waals surface area contributed by atoms with E-state index in [1.54, 1.807) is 7.05 Å². The fourth-order valence-corrected chi connectivity index (χ4v) is 2.67. The molecule has 118 valence electrons. The van der Waals surface area contributed by atoms with Crippen molar-refractivity contribution in [2.45, 2.75) is 32.7 Å². The van der Waals surface area contributed by atoms with Crippen LogP contribution in [-0.2, 0) is 4.74 Å². The second-order valence-corrected chi connectivity index (χ2v) is 5.60. The summed E-state index contributed by atoms with van der Waals surface area (Å²) in [5, 5.41) is 3.58. The molecule has 0 bridgehead atoms. The molecule has 0 amide bonds. The molecule has 1 aliphatic heterocycles. The van der Waals surface area contributed by atoms with Crippen LogP contribution in [0.3, 0.4) is 0 Å². The first-order valence-electron chi connectivity index (χ1n) is 7.89. The Labute approximate surface area is 133 Å². The third kappa shape index (κ3) is 4.08. The monoisotopic (exact) mass is 298 g/mol. The third-order valence-corrected chi connectivity index (χ3v) is 4.17. The van der Waals surface area contributed by atoms with Crippen molar-refractivity contribution in [3.8, 4) is 0 Å². The Morgan fingerprint density at radius 3 is 2.45 bits per heavy atom. The zero-order valence-electron chi connectivity index (χ0n) is 13.9. The van der Waals surface area contributed by atoms with E-state index < -0.39 is 0 Å². The number of allylic oxidation sites excluding steroid dienone is 3. The molecule has 0 aliphatic carbocycles. The molecule has 2 rings (SSSR count). The number of aliphatic imine (C=N–C) groups is 1. The van der Waals surface area contributed by atoms with E-state index in [-0.39, 0.29) is 0 Å². The van der Waals surface area contributed by atoms with Gasteiger partial charge in [-0.15, -0.1) is 0 Å². The van der Waals surface area contributed by atoms with Gasteiger partial charge >= 0.3 is 0 Å². The summed E-state index contributed by atoms with van der Waals surface area (Å²) in [7, 11) is 1.80. The predicted octanol–water partition coefficient (Wildman–Crippen LogP) is 4.33. The lowest BCUT2D eigenvalue weighted by Crippen LogP contribution is -2.27. The summed E-state index contributed by atoms with van der Waals surface area (Å²) < 4.78 is 5.39. The van der Waals surface area contributed by atoms with Gasteiger partial charge in [0.1, 0.15) is 0 Å². The van der Waals surface area contributed by atoms with E-state index in [0.29, 0.717) is 6.04 Å². The van der Waals surface area contributed by atoms with Crippen molar-refractivity contribution in [3.63, 3.8) is 0 Å². The van der Waals surface area contributed by atoms with Gasteiger partial charge in [-0.25, -0.2) is 0 Å². The minimum Gasteiger partial charge on any atom is -0.382 e. The molecule has 0 unspecified atom stereocenters. The average Bonchev–Trinajstić information content (AvgIpc) is 2.57. The van der Waals surface area contributed by atoms with Crippen LogP contribution in [0, 0.1) is 0 Å². The second-order valence-electron chi connectivity index (χ2n) is 5.60. The highest BCUT2D eigenvalue weighted by Gasteiger charge is 2.13. The average molecular weight is 298 g/mol. The van der Waals surface area contributed by atoms with Gasteiger partial charge in [0.25, 0.3) is 0 Å². The van der Waals surface area contributed by atoms with Crippen LogP contribution in [0.4, 0.5) is 5.69 Å². The summed E-state index contributed by atoms with van der Waals surface area (Å²) >= 11 is 0. The number of hydrogen-bond donors (Lipinski definition) is 1. The topological polar surface area (TPSA) is 33.6 Å². The van der Waals surface area contributed by atoms with Gasteiger partial charge in [0.15, 0.2) is 0 Å². The molecule has 0 saturated carbocycles. The van der Waals surface area contributed by atoms with Gasteiger partial charge in [0, 0.05) is 37.7 Å². The molecular formula is C19H26N2O. The van der Waals surface area contributed by atoms with E-state index in [0.717, 1.165) is 48.6 Å². The van der Waals surface area contributed by atoms with Gasteiger partial charge in [-0.05, 0) is 55.5 Å². The normalized spacial score (nSPS) is 17.4. The molecule has 1 aromatic carbocycles. The molecule has 3 heteroatoms. The van der Waals surface area contributed by atoms with E-state index in [2.05, 4.69) is 47.2 Å². The molecule has 22 heavy (non-hydrogen) atoms. The molecule has 0 atom stereocenters. The first-order chi connectivity index (χ1) is 10.7. The molecule has 1 saturated heterocycles. The fourth-order valence-electron chi connectivity index (χ4n) is 2.67. The standard InChI is InChI=1S/C19H26N2O/c1-5-19(14(2)15(3)20-4)16-6-8-17(9-7-16)21-18-10-12-22-13-11-18/h5-9,18,21H,2,10-13H2,1,3-4H3/b19-5+,20-15?. The van der Waals surface area contributed by atoms with Crippen LogP contribution in [0.1, 0.15) is 32.3 Å². The summed E-state index contributed by atoms with van der Waals surface area (Å²) in [5.41, 5.74) is 5.43. The maximum absolute atomic E-state index is 5.39. The highest BCUT2D eigenvalue weighted by atomic mass is 16.5. The quantitative estimate of drug-likeness (QED) is 0.648. The Morgan fingerprint density at radius 2 is 1.91 bits per heavy atom. The molecule has 1 N–H and O–H groups in total. The molecule has 1 heterocycles. The van der Waals surface area contributed by atoms with Crippen LogP contribution in [0.2, 0.25) is 0 Å². The molecule has 1 aliphatic rings. The third-order valence-electron chi connectivity index (χ3n) is 4.17. The molecule has 0 aromatic heterocycles. The van der Waals surface area contributed by atoms with Gasteiger partial charge in [0.2, 0.25) is 0 Å². The van der Waals surface area contributed by atoms with E-state index in [1.807, 2.05) is 13.8 Å². The van der Waals surface area contributed by atoms with Crippen molar-refractivity contribution in [2.24, 2.45) is 4.99 Å². The van der Waals surface area contributed by atoms with Crippen molar-refractivity contribution in [1.29, 1.82) is 0 Å². The van der Waals surface area contributed by atoms with E-state index in [4.69, 9.17) is 4.74 Å². The minimum atomic E-state index is 0.519. The lowest BCUT2D eigenvalue weighted by molar-refractivity contribution is 0.0904. The van der Waals surface area contributed by atoms with Crippen molar-refractivity contribution >= 4 is 17.0 Å². The van der Waals surface area contributed by atoms with Gasteiger partial charge in [0.05, 0.1) is 0 Å². The lowest BCUT2D eigenvalue weighted by Gasteiger charge is -2.24. The zero-order valence-corrected chi connectivity index (χ0v) is 13.9. The van der Waals surface area contributed by atoms with Crippen LogP contribution in [0.15, 0.2) is 47.5 Å². The molecule has 1 aromatic rings. The van der Waals surface area contributed by atoms with Crippen molar-refractivity contribution in [2.75, 3.05) is 25.6 Å². The molecule has 3 nitrogen and oxygen atoms in total. The summed E-state index contributed by atoms with van der Waals surface area (Å²) in [4.78, 5) is 4.23. The Kier molecular flexibility index (Phi) is 5.96. The SMILES string of the molecule is C=C(C(C)=NC)/C(=C\C)c1ccc(NC2CCOCC2)cc1. The highest BCUT2D eigenvalue weighted by Crippen LogP contribution is 2.25. The van der Waals surface area contributed by atoms with Gasteiger partial charge in [-0.2, -0.15) is 0 Å². The molecule has 1 fully saturated rings. The molecule has 0 spiro atoms. The van der Waals surface area contributed by atoms with E-state index in [1.165, 1.54) is 5.56 Å². The summed E-state index contributed by atoms with van der Waals surface area (Å²) in [5.74, 6) is 0. The highest BCUT2D eigenvalue weighted by molar-refractivity contribution is 6.11. The second kappa shape index (κ2) is 7.95. The van der Waals surface area contributed by atoms with Gasteiger partial charge < -0.3 is 10.1 Å². The first kappa shape index (κ1) is 16.5. The number of anilines is 1. The van der Waals surface area contributed by atoms with Crippen molar-refractivity contribution in [3.05, 3.63) is 48.1 Å². The van der Waals surface area contributed by atoms with Gasteiger partial charge in [-0.3, -0.25) is 4.99 Å². The number of rotatable bonds is 5.